The summed E-state index contributed by atoms with van der Waals surface area (Å²) in [6.45, 7) is 1.23. The van der Waals surface area contributed by atoms with Crippen molar-refractivity contribution in [2.24, 2.45) is 0 Å². The Morgan fingerprint density at radius 1 is 1.20 bits per heavy atom. The Hall–Kier alpha value is -1.66. The molecule has 1 aromatic rings. The summed E-state index contributed by atoms with van der Waals surface area (Å²) in [5, 5.41) is 8.58. The van der Waals surface area contributed by atoms with Gasteiger partial charge in [0.15, 0.2) is 11.5 Å². The molecule has 0 aromatic heterocycles. The number of aliphatic hydroxyl groups excluding tert-OH is 1. The molecule has 0 bridgehead atoms. The van der Waals surface area contributed by atoms with Crippen LogP contribution in [0.25, 0.3) is 0 Å². The normalized spacial score (nSPS) is 13.7. The third-order valence-electron chi connectivity index (χ3n) is 2.06. The van der Waals surface area contributed by atoms with Crippen LogP contribution in [-0.2, 0) is 0 Å². The lowest BCUT2D eigenvalue weighted by Crippen LogP contribution is -1.97. The summed E-state index contributed by atoms with van der Waals surface area (Å²) in [4.78, 5) is 0. The highest BCUT2D eigenvalue weighted by atomic mass is 16.5. The largest absolute Gasteiger partial charge is 0.490 e. The topological polar surface area (TPSA) is 38.7 Å². The molecule has 15 heavy (non-hydrogen) atoms. The lowest BCUT2D eigenvalue weighted by Gasteiger charge is -2.06. The predicted molar refractivity (Wildman–Crippen MR) is 56.0 cm³/mol. The molecular formula is C12H12O3. The molecular weight excluding hydrogens is 192 g/mol. The van der Waals surface area contributed by atoms with Crippen LogP contribution in [0.3, 0.4) is 0 Å². The Morgan fingerprint density at radius 2 is 2.00 bits per heavy atom. The maximum absolute atomic E-state index is 8.58. The molecule has 1 heterocycles. The molecule has 78 valence electrons. The molecule has 0 saturated carbocycles. The summed E-state index contributed by atoms with van der Waals surface area (Å²) in [6.07, 6.45) is 0.895. The molecule has 1 aliphatic rings. The molecule has 0 spiro atoms. The minimum absolute atomic E-state index is 0.131. The third-order valence-corrected chi connectivity index (χ3v) is 2.06. The summed E-state index contributed by atoms with van der Waals surface area (Å²) in [5.41, 5.74) is 0.827. The Kier molecular flexibility index (Phi) is 3.11. The molecule has 0 saturated heterocycles. The Bertz CT molecular complexity index is 401. The van der Waals surface area contributed by atoms with Crippen LogP contribution in [0.2, 0.25) is 0 Å². The first kappa shape index (κ1) is 9.88. The van der Waals surface area contributed by atoms with E-state index in [1.165, 1.54) is 0 Å². The molecule has 0 amide bonds. The summed E-state index contributed by atoms with van der Waals surface area (Å²) in [7, 11) is 0. The van der Waals surface area contributed by atoms with Crippen LogP contribution in [0.15, 0.2) is 18.2 Å². The van der Waals surface area contributed by atoms with Crippen LogP contribution in [0.1, 0.15) is 12.0 Å². The Balaban J connectivity index is 2.27. The molecule has 1 N–H and O–H groups in total. The second kappa shape index (κ2) is 4.72. The van der Waals surface area contributed by atoms with Gasteiger partial charge in [-0.15, -0.1) is 0 Å². The molecule has 1 aromatic carbocycles. The van der Waals surface area contributed by atoms with Crippen molar-refractivity contribution in [1.29, 1.82) is 0 Å². The van der Waals surface area contributed by atoms with E-state index in [2.05, 4.69) is 11.8 Å². The average molecular weight is 204 g/mol. The van der Waals surface area contributed by atoms with Crippen LogP contribution >= 0.6 is 0 Å². The summed E-state index contributed by atoms with van der Waals surface area (Å²) < 4.78 is 11.0. The molecule has 2 rings (SSSR count). The molecule has 0 unspecified atom stereocenters. The quantitative estimate of drug-likeness (QED) is 0.645. The summed E-state index contributed by atoms with van der Waals surface area (Å²) >= 11 is 0. The van der Waals surface area contributed by atoms with Crippen molar-refractivity contribution in [1.82, 2.24) is 0 Å². The highest BCUT2D eigenvalue weighted by Crippen LogP contribution is 2.29. The van der Waals surface area contributed by atoms with Gasteiger partial charge in [0.1, 0.15) is 6.61 Å². The Labute approximate surface area is 88.6 Å². The average Bonchev–Trinajstić information content (AvgIpc) is 2.50. The minimum Gasteiger partial charge on any atom is -0.490 e. The van der Waals surface area contributed by atoms with Gasteiger partial charge in [-0.05, 0) is 18.2 Å². The van der Waals surface area contributed by atoms with Crippen LogP contribution in [0.5, 0.6) is 11.5 Å². The van der Waals surface area contributed by atoms with Crippen molar-refractivity contribution in [2.45, 2.75) is 6.42 Å². The van der Waals surface area contributed by atoms with Gasteiger partial charge in [0.05, 0.1) is 13.2 Å². The molecule has 0 atom stereocenters. The van der Waals surface area contributed by atoms with Crippen molar-refractivity contribution < 1.29 is 14.6 Å². The lowest BCUT2D eigenvalue weighted by molar-refractivity contribution is 0.297. The van der Waals surface area contributed by atoms with E-state index in [0.29, 0.717) is 13.2 Å². The first-order valence-electron chi connectivity index (χ1n) is 4.89. The molecule has 3 heteroatoms. The third kappa shape index (κ3) is 2.42. The number of hydrogen-bond donors (Lipinski definition) is 1. The maximum Gasteiger partial charge on any atom is 0.162 e. The summed E-state index contributed by atoms with van der Waals surface area (Å²) in [6, 6.07) is 5.54. The van der Waals surface area contributed by atoms with Gasteiger partial charge >= 0.3 is 0 Å². The minimum atomic E-state index is -0.131. The van der Waals surface area contributed by atoms with Gasteiger partial charge in [-0.3, -0.25) is 0 Å². The standard InChI is InChI=1S/C12H12O3/c13-6-1-3-10-4-5-11-12(9-10)15-8-2-7-14-11/h4-5,9,13H,2,6-8H2. The molecule has 1 aliphatic heterocycles. The Morgan fingerprint density at radius 3 is 2.80 bits per heavy atom. The van der Waals surface area contributed by atoms with E-state index in [9.17, 15) is 0 Å². The molecule has 0 aliphatic carbocycles. The van der Waals surface area contributed by atoms with Gasteiger partial charge in [0.25, 0.3) is 0 Å². The monoisotopic (exact) mass is 204 g/mol. The molecule has 0 radical (unpaired) electrons. The number of benzene rings is 1. The first-order valence-corrected chi connectivity index (χ1v) is 4.89. The van der Waals surface area contributed by atoms with E-state index in [1.54, 1.807) is 0 Å². The first-order chi connectivity index (χ1) is 7.40. The van der Waals surface area contributed by atoms with Gasteiger partial charge in [-0.1, -0.05) is 11.8 Å². The lowest BCUT2D eigenvalue weighted by atomic mass is 10.2. The van der Waals surface area contributed by atoms with E-state index in [0.717, 1.165) is 23.5 Å². The SMILES string of the molecule is OCC#Cc1ccc2c(c1)OCCCO2. The van der Waals surface area contributed by atoms with Crippen LogP contribution in [0, 0.1) is 11.8 Å². The van der Waals surface area contributed by atoms with Crippen molar-refractivity contribution in [3.05, 3.63) is 23.8 Å². The number of hydrogen-bond acceptors (Lipinski definition) is 3. The van der Waals surface area contributed by atoms with Crippen molar-refractivity contribution in [2.75, 3.05) is 19.8 Å². The fraction of sp³-hybridized carbons (Fsp3) is 0.333. The zero-order valence-corrected chi connectivity index (χ0v) is 8.32. The predicted octanol–water partition coefficient (Wildman–Crippen LogP) is 1.19. The second-order valence-corrected chi connectivity index (χ2v) is 3.17. The van der Waals surface area contributed by atoms with Crippen LogP contribution in [-0.4, -0.2) is 24.9 Å². The smallest absolute Gasteiger partial charge is 0.162 e. The van der Waals surface area contributed by atoms with Gasteiger partial charge in [-0.25, -0.2) is 0 Å². The van der Waals surface area contributed by atoms with Crippen molar-refractivity contribution >= 4 is 0 Å². The molecule has 0 fully saturated rings. The van der Waals surface area contributed by atoms with E-state index in [4.69, 9.17) is 14.6 Å². The van der Waals surface area contributed by atoms with Crippen molar-refractivity contribution in [3.63, 3.8) is 0 Å². The summed E-state index contributed by atoms with van der Waals surface area (Å²) in [5.74, 6) is 6.92. The van der Waals surface area contributed by atoms with Crippen LogP contribution in [0.4, 0.5) is 0 Å². The van der Waals surface area contributed by atoms with E-state index < -0.39 is 0 Å². The fourth-order valence-electron chi connectivity index (χ4n) is 1.38. The zero-order valence-electron chi connectivity index (χ0n) is 8.32. The fourth-order valence-corrected chi connectivity index (χ4v) is 1.38. The highest BCUT2D eigenvalue weighted by molar-refractivity contribution is 5.48. The number of fused-ring (bicyclic) bond motifs is 1. The van der Waals surface area contributed by atoms with E-state index in [1.807, 2.05) is 18.2 Å². The molecule has 3 nitrogen and oxygen atoms in total. The number of aliphatic hydroxyl groups is 1. The highest BCUT2D eigenvalue weighted by Gasteiger charge is 2.09. The number of rotatable bonds is 0. The van der Waals surface area contributed by atoms with Gasteiger partial charge < -0.3 is 14.6 Å². The second-order valence-electron chi connectivity index (χ2n) is 3.17. The van der Waals surface area contributed by atoms with E-state index >= 15 is 0 Å². The maximum atomic E-state index is 8.58. The van der Waals surface area contributed by atoms with Gasteiger partial charge in [0, 0.05) is 12.0 Å². The van der Waals surface area contributed by atoms with Gasteiger partial charge in [-0.2, -0.15) is 0 Å². The number of ether oxygens (including phenoxy) is 2. The van der Waals surface area contributed by atoms with Crippen molar-refractivity contribution in [3.8, 4) is 23.3 Å². The van der Waals surface area contributed by atoms with Gasteiger partial charge in [0.2, 0.25) is 0 Å². The van der Waals surface area contributed by atoms with E-state index in [-0.39, 0.29) is 6.61 Å². The van der Waals surface area contributed by atoms with Crippen LogP contribution < -0.4 is 9.47 Å². The zero-order chi connectivity index (χ0) is 10.5.